The van der Waals surface area contributed by atoms with Crippen molar-refractivity contribution < 1.29 is 0 Å². The maximum atomic E-state index is 6.05. The Morgan fingerprint density at radius 2 is 2.28 bits per heavy atom. The van der Waals surface area contributed by atoms with E-state index < -0.39 is 0 Å². The van der Waals surface area contributed by atoms with E-state index in [2.05, 4.69) is 33.9 Å². The molecule has 18 heavy (non-hydrogen) atoms. The predicted octanol–water partition coefficient (Wildman–Crippen LogP) is 2.22. The lowest BCUT2D eigenvalue weighted by Gasteiger charge is -2.36. The standard InChI is InChI=1S/C13H21ClN4/c1-4-12-15-11(14)8-13(16-12)18(3)10-6-5-7-17(2)9-10/h8,10H,4-7,9H2,1-3H3. The minimum absolute atomic E-state index is 0.513. The lowest BCUT2D eigenvalue weighted by atomic mass is 10.1. The summed E-state index contributed by atoms with van der Waals surface area (Å²) in [7, 11) is 4.27. The molecule has 1 saturated heterocycles. The van der Waals surface area contributed by atoms with Crippen LogP contribution in [0.2, 0.25) is 5.15 Å². The molecular weight excluding hydrogens is 248 g/mol. The highest BCUT2D eigenvalue weighted by molar-refractivity contribution is 6.29. The van der Waals surface area contributed by atoms with Crippen molar-refractivity contribution >= 4 is 17.4 Å². The molecule has 0 radical (unpaired) electrons. The molecule has 1 aliphatic rings. The molecule has 0 aliphatic carbocycles. The summed E-state index contributed by atoms with van der Waals surface area (Å²) >= 11 is 6.05. The van der Waals surface area contributed by atoms with Gasteiger partial charge in [0.2, 0.25) is 0 Å². The van der Waals surface area contributed by atoms with Gasteiger partial charge in [0.1, 0.15) is 16.8 Å². The van der Waals surface area contributed by atoms with Gasteiger partial charge in [-0.3, -0.25) is 0 Å². The maximum Gasteiger partial charge on any atom is 0.134 e. The number of likely N-dealkylation sites (N-methyl/N-ethyl adjacent to an activating group) is 2. The number of rotatable bonds is 3. The SMILES string of the molecule is CCc1nc(Cl)cc(N(C)C2CCCN(C)C2)n1. The van der Waals surface area contributed by atoms with E-state index >= 15 is 0 Å². The first-order chi connectivity index (χ1) is 8.60. The predicted molar refractivity (Wildman–Crippen MR) is 75.3 cm³/mol. The van der Waals surface area contributed by atoms with Crippen LogP contribution in [0.4, 0.5) is 5.82 Å². The third-order valence-corrected chi connectivity index (χ3v) is 3.75. The molecule has 1 atom stereocenters. The second kappa shape index (κ2) is 5.85. The van der Waals surface area contributed by atoms with Crippen LogP contribution in [0.25, 0.3) is 0 Å². The summed E-state index contributed by atoms with van der Waals surface area (Å²) in [4.78, 5) is 13.4. The maximum absolute atomic E-state index is 6.05. The van der Waals surface area contributed by atoms with Crippen LogP contribution in [-0.4, -0.2) is 48.1 Å². The summed E-state index contributed by atoms with van der Waals surface area (Å²) in [6.45, 7) is 4.32. The first-order valence-electron chi connectivity index (χ1n) is 6.55. The number of nitrogens with zero attached hydrogens (tertiary/aromatic N) is 4. The molecule has 0 spiro atoms. The van der Waals surface area contributed by atoms with E-state index in [4.69, 9.17) is 11.6 Å². The zero-order chi connectivity index (χ0) is 13.1. The topological polar surface area (TPSA) is 32.3 Å². The molecule has 0 N–H and O–H groups in total. The highest BCUT2D eigenvalue weighted by Gasteiger charge is 2.22. The monoisotopic (exact) mass is 268 g/mol. The van der Waals surface area contributed by atoms with Crippen molar-refractivity contribution in [2.24, 2.45) is 0 Å². The van der Waals surface area contributed by atoms with Crippen molar-refractivity contribution in [3.05, 3.63) is 17.0 Å². The molecule has 1 aliphatic heterocycles. The summed E-state index contributed by atoms with van der Waals surface area (Å²) in [5.41, 5.74) is 0. The number of aryl methyl sites for hydroxylation is 1. The molecule has 100 valence electrons. The summed E-state index contributed by atoms with van der Waals surface area (Å²) in [5.74, 6) is 1.75. The first-order valence-corrected chi connectivity index (χ1v) is 6.92. The molecule has 4 nitrogen and oxygen atoms in total. The van der Waals surface area contributed by atoms with E-state index in [9.17, 15) is 0 Å². The van der Waals surface area contributed by atoms with Gasteiger partial charge in [0.15, 0.2) is 0 Å². The number of hydrogen-bond donors (Lipinski definition) is 0. The number of halogens is 1. The van der Waals surface area contributed by atoms with E-state index in [1.807, 2.05) is 13.0 Å². The molecule has 0 saturated carbocycles. The Kier molecular flexibility index (Phi) is 4.40. The Bertz CT molecular complexity index is 410. The minimum Gasteiger partial charge on any atom is -0.355 e. The van der Waals surface area contributed by atoms with Crippen LogP contribution in [0.3, 0.4) is 0 Å². The van der Waals surface area contributed by atoms with Crippen molar-refractivity contribution in [3.8, 4) is 0 Å². The van der Waals surface area contributed by atoms with Crippen molar-refractivity contribution in [3.63, 3.8) is 0 Å². The van der Waals surface area contributed by atoms with Crippen LogP contribution in [-0.2, 0) is 6.42 Å². The Morgan fingerprint density at radius 3 is 2.94 bits per heavy atom. The van der Waals surface area contributed by atoms with Gasteiger partial charge in [-0.15, -0.1) is 0 Å². The molecule has 1 fully saturated rings. The molecule has 5 heteroatoms. The number of piperidine rings is 1. The third kappa shape index (κ3) is 3.12. The first kappa shape index (κ1) is 13.6. The number of anilines is 1. The summed E-state index contributed by atoms with van der Waals surface area (Å²) in [6, 6.07) is 2.37. The molecule has 2 rings (SSSR count). The van der Waals surface area contributed by atoms with Gasteiger partial charge in [-0.2, -0.15) is 0 Å². The third-order valence-electron chi connectivity index (χ3n) is 3.55. The van der Waals surface area contributed by atoms with E-state index in [1.54, 1.807) is 0 Å². The molecule has 2 heterocycles. The van der Waals surface area contributed by atoms with Crippen molar-refractivity contribution in [1.29, 1.82) is 0 Å². The summed E-state index contributed by atoms with van der Waals surface area (Å²) < 4.78 is 0. The molecule has 1 aromatic heterocycles. The van der Waals surface area contributed by atoms with E-state index in [0.29, 0.717) is 11.2 Å². The van der Waals surface area contributed by atoms with Crippen LogP contribution < -0.4 is 4.90 Å². The van der Waals surface area contributed by atoms with Gasteiger partial charge >= 0.3 is 0 Å². The minimum atomic E-state index is 0.513. The van der Waals surface area contributed by atoms with E-state index in [-0.39, 0.29) is 0 Å². The zero-order valence-corrected chi connectivity index (χ0v) is 12.1. The second-order valence-electron chi connectivity index (χ2n) is 4.99. The Morgan fingerprint density at radius 1 is 1.50 bits per heavy atom. The van der Waals surface area contributed by atoms with Crippen LogP contribution in [0.5, 0.6) is 0 Å². The number of likely N-dealkylation sites (tertiary alicyclic amines) is 1. The highest BCUT2D eigenvalue weighted by Crippen LogP contribution is 2.21. The molecule has 1 unspecified atom stereocenters. The van der Waals surface area contributed by atoms with Crippen molar-refractivity contribution in [1.82, 2.24) is 14.9 Å². The van der Waals surface area contributed by atoms with Gasteiger partial charge < -0.3 is 9.80 Å². The quantitative estimate of drug-likeness (QED) is 0.787. The molecule has 0 bridgehead atoms. The Hall–Kier alpha value is -0.870. The van der Waals surface area contributed by atoms with Crippen LogP contribution >= 0.6 is 11.6 Å². The average molecular weight is 269 g/mol. The summed E-state index contributed by atoms with van der Waals surface area (Å²) in [6.07, 6.45) is 3.26. The van der Waals surface area contributed by atoms with Gasteiger partial charge in [0.05, 0.1) is 0 Å². The lowest BCUT2D eigenvalue weighted by molar-refractivity contribution is 0.247. The van der Waals surface area contributed by atoms with Crippen LogP contribution in [0.15, 0.2) is 6.07 Å². The molecule has 1 aromatic rings. The van der Waals surface area contributed by atoms with Crippen molar-refractivity contribution in [2.75, 3.05) is 32.1 Å². The largest absolute Gasteiger partial charge is 0.355 e. The zero-order valence-electron chi connectivity index (χ0n) is 11.4. The molecule has 0 aromatic carbocycles. The van der Waals surface area contributed by atoms with Gasteiger partial charge in [-0.05, 0) is 26.4 Å². The highest BCUT2D eigenvalue weighted by atomic mass is 35.5. The lowest BCUT2D eigenvalue weighted by Crippen LogP contribution is -2.45. The van der Waals surface area contributed by atoms with Crippen molar-refractivity contribution in [2.45, 2.75) is 32.2 Å². The van der Waals surface area contributed by atoms with E-state index in [0.717, 1.165) is 24.6 Å². The molecule has 0 amide bonds. The average Bonchev–Trinajstić information content (AvgIpc) is 2.37. The second-order valence-corrected chi connectivity index (χ2v) is 5.38. The normalized spacial score (nSPS) is 21.0. The number of aromatic nitrogens is 2. The summed E-state index contributed by atoms with van der Waals surface area (Å²) in [5, 5.41) is 0.535. The number of hydrogen-bond acceptors (Lipinski definition) is 4. The van der Waals surface area contributed by atoms with Crippen LogP contribution in [0, 0.1) is 0 Å². The van der Waals surface area contributed by atoms with Gasteiger partial charge in [0, 0.05) is 32.1 Å². The van der Waals surface area contributed by atoms with Gasteiger partial charge in [-0.1, -0.05) is 18.5 Å². The smallest absolute Gasteiger partial charge is 0.134 e. The Balaban J connectivity index is 2.16. The Labute approximate surface area is 114 Å². The fourth-order valence-electron chi connectivity index (χ4n) is 2.43. The fraction of sp³-hybridized carbons (Fsp3) is 0.692. The van der Waals surface area contributed by atoms with Gasteiger partial charge in [-0.25, -0.2) is 9.97 Å². The van der Waals surface area contributed by atoms with Crippen LogP contribution in [0.1, 0.15) is 25.6 Å². The molecular formula is C13H21ClN4. The van der Waals surface area contributed by atoms with E-state index in [1.165, 1.54) is 19.4 Å². The van der Waals surface area contributed by atoms with Gasteiger partial charge in [0.25, 0.3) is 0 Å². The fourth-order valence-corrected chi connectivity index (χ4v) is 2.63.